The van der Waals surface area contributed by atoms with E-state index < -0.39 is 17.9 Å². The molecule has 0 bridgehead atoms. The van der Waals surface area contributed by atoms with Crippen molar-refractivity contribution < 1.29 is 14.4 Å². The lowest BCUT2D eigenvalue weighted by atomic mass is 10.1. The molecule has 1 heterocycles. The van der Waals surface area contributed by atoms with E-state index in [2.05, 4.69) is 16.0 Å². The van der Waals surface area contributed by atoms with E-state index in [0.717, 1.165) is 0 Å². The lowest BCUT2D eigenvalue weighted by molar-refractivity contribution is -0.125. The first-order chi connectivity index (χ1) is 12.4. The van der Waals surface area contributed by atoms with Gasteiger partial charge < -0.3 is 16.0 Å². The molecule has 3 amide bonds. The average molecular weight is 392 g/mol. The summed E-state index contributed by atoms with van der Waals surface area (Å²) in [6.45, 7) is 0.192. The fraction of sp³-hybridized carbons (Fsp3) is 0.167. The molecule has 2 aromatic carbocycles. The molecule has 0 saturated heterocycles. The van der Waals surface area contributed by atoms with Gasteiger partial charge in [0, 0.05) is 16.6 Å². The van der Waals surface area contributed by atoms with Gasteiger partial charge in [0.25, 0.3) is 5.91 Å². The van der Waals surface area contributed by atoms with Gasteiger partial charge >= 0.3 is 0 Å². The number of anilines is 1. The van der Waals surface area contributed by atoms with Gasteiger partial charge in [-0.1, -0.05) is 41.4 Å². The van der Waals surface area contributed by atoms with E-state index in [9.17, 15) is 14.4 Å². The van der Waals surface area contributed by atoms with Gasteiger partial charge in [0.2, 0.25) is 11.8 Å². The minimum Gasteiger partial charge on any atom is -0.352 e. The van der Waals surface area contributed by atoms with Crippen molar-refractivity contribution >= 4 is 46.6 Å². The Hall–Kier alpha value is -2.57. The van der Waals surface area contributed by atoms with Crippen LogP contribution in [0.1, 0.15) is 22.3 Å². The van der Waals surface area contributed by atoms with E-state index in [0.29, 0.717) is 26.9 Å². The molecule has 6 nitrogen and oxygen atoms in total. The quantitative estimate of drug-likeness (QED) is 0.748. The molecular formula is C18H15Cl2N3O3. The van der Waals surface area contributed by atoms with Crippen molar-refractivity contribution in [2.75, 3.05) is 5.32 Å². The summed E-state index contributed by atoms with van der Waals surface area (Å²) in [4.78, 5) is 36.7. The monoisotopic (exact) mass is 391 g/mol. The summed E-state index contributed by atoms with van der Waals surface area (Å²) in [7, 11) is 0. The Labute approximate surface area is 159 Å². The molecule has 8 heteroatoms. The second-order valence-corrected chi connectivity index (χ2v) is 6.62. The third kappa shape index (κ3) is 4.15. The second-order valence-electron chi connectivity index (χ2n) is 5.78. The number of nitrogens with one attached hydrogen (secondary N) is 3. The first-order valence-electron chi connectivity index (χ1n) is 7.85. The minimum absolute atomic E-state index is 0.184. The molecule has 0 saturated carbocycles. The number of carbonyl (C=O) groups excluding carboxylic acids is 3. The molecule has 0 aromatic heterocycles. The lowest BCUT2D eigenvalue weighted by Gasteiger charge is -2.14. The second kappa shape index (κ2) is 7.76. The Morgan fingerprint density at radius 3 is 2.65 bits per heavy atom. The van der Waals surface area contributed by atoms with E-state index in [1.165, 1.54) is 0 Å². The number of hydrogen-bond donors (Lipinski definition) is 3. The number of benzene rings is 2. The third-order valence-electron chi connectivity index (χ3n) is 3.93. The zero-order valence-corrected chi connectivity index (χ0v) is 15.0. The Morgan fingerprint density at radius 2 is 1.88 bits per heavy atom. The van der Waals surface area contributed by atoms with Crippen LogP contribution in [0.3, 0.4) is 0 Å². The highest BCUT2D eigenvalue weighted by Crippen LogP contribution is 2.21. The molecule has 3 rings (SSSR count). The Kier molecular flexibility index (Phi) is 5.44. The van der Waals surface area contributed by atoms with E-state index in [1.54, 1.807) is 42.5 Å². The van der Waals surface area contributed by atoms with Crippen LogP contribution in [0.4, 0.5) is 5.69 Å². The number of fused-ring (bicyclic) bond motifs is 1. The number of halogens is 2. The van der Waals surface area contributed by atoms with Crippen LogP contribution in [0.2, 0.25) is 10.0 Å². The summed E-state index contributed by atoms with van der Waals surface area (Å²) in [5.41, 5.74) is 1.48. The van der Waals surface area contributed by atoms with Crippen molar-refractivity contribution in [3.63, 3.8) is 0 Å². The fourth-order valence-electron chi connectivity index (χ4n) is 2.57. The largest absolute Gasteiger partial charge is 0.352 e. The van der Waals surface area contributed by atoms with E-state index in [-0.39, 0.29) is 18.9 Å². The predicted octanol–water partition coefficient (Wildman–Crippen LogP) is 2.75. The van der Waals surface area contributed by atoms with Gasteiger partial charge in [-0.15, -0.1) is 0 Å². The number of amides is 3. The van der Waals surface area contributed by atoms with Crippen molar-refractivity contribution in [3.05, 3.63) is 63.6 Å². The van der Waals surface area contributed by atoms with Crippen LogP contribution in [-0.4, -0.2) is 23.8 Å². The lowest BCUT2D eigenvalue weighted by Crippen LogP contribution is -2.44. The predicted molar refractivity (Wildman–Crippen MR) is 99.3 cm³/mol. The number of para-hydroxylation sites is 1. The van der Waals surface area contributed by atoms with Gasteiger partial charge in [0.15, 0.2) is 0 Å². The van der Waals surface area contributed by atoms with Crippen LogP contribution in [-0.2, 0) is 16.1 Å². The molecule has 26 heavy (non-hydrogen) atoms. The molecular weight excluding hydrogens is 377 g/mol. The SMILES string of the molecule is O=C(C[C@H]1NC(=O)c2ccccc2NC1=O)NCc1ccc(Cl)cc1Cl. The van der Waals surface area contributed by atoms with Crippen molar-refractivity contribution in [3.8, 4) is 0 Å². The zero-order valence-electron chi connectivity index (χ0n) is 13.5. The number of hydrogen-bond acceptors (Lipinski definition) is 3. The standard InChI is InChI=1S/C18H15Cl2N3O3/c19-11-6-5-10(13(20)7-11)9-21-16(24)8-15-18(26)22-14-4-2-1-3-12(14)17(25)23-15/h1-7,15H,8-9H2,(H,21,24)(H,22,26)(H,23,25)/t15-/m1/s1. The van der Waals surface area contributed by atoms with Crippen LogP contribution in [0.25, 0.3) is 0 Å². The summed E-state index contributed by atoms with van der Waals surface area (Å²) >= 11 is 11.9. The molecule has 1 aliphatic heterocycles. The highest BCUT2D eigenvalue weighted by Gasteiger charge is 2.29. The van der Waals surface area contributed by atoms with Crippen LogP contribution in [0.5, 0.6) is 0 Å². The molecule has 2 aromatic rings. The Bertz CT molecular complexity index is 886. The molecule has 0 unspecified atom stereocenters. The van der Waals surface area contributed by atoms with Gasteiger partial charge in [-0.05, 0) is 29.8 Å². The summed E-state index contributed by atoms with van der Waals surface area (Å²) in [6.07, 6.45) is -0.184. The van der Waals surface area contributed by atoms with Crippen molar-refractivity contribution in [2.45, 2.75) is 19.0 Å². The topological polar surface area (TPSA) is 87.3 Å². The van der Waals surface area contributed by atoms with Crippen LogP contribution in [0, 0.1) is 0 Å². The maximum Gasteiger partial charge on any atom is 0.254 e. The smallest absolute Gasteiger partial charge is 0.254 e. The summed E-state index contributed by atoms with van der Waals surface area (Å²) in [5, 5.41) is 8.86. The normalized spacial score (nSPS) is 16.2. The third-order valence-corrected chi connectivity index (χ3v) is 4.52. The average Bonchev–Trinajstić information content (AvgIpc) is 2.71. The van der Waals surface area contributed by atoms with E-state index >= 15 is 0 Å². The first kappa shape index (κ1) is 18.2. The molecule has 0 fully saturated rings. The molecule has 1 aliphatic rings. The first-order valence-corrected chi connectivity index (χ1v) is 8.61. The van der Waals surface area contributed by atoms with Gasteiger partial charge in [-0.2, -0.15) is 0 Å². The highest BCUT2D eigenvalue weighted by molar-refractivity contribution is 6.35. The number of carbonyl (C=O) groups is 3. The van der Waals surface area contributed by atoms with Crippen LogP contribution < -0.4 is 16.0 Å². The minimum atomic E-state index is -0.962. The van der Waals surface area contributed by atoms with E-state index in [4.69, 9.17) is 23.2 Å². The maximum absolute atomic E-state index is 12.3. The molecule has 0 radical (unpaired) electrons. The molecule has 1 atom stereocenters. The summed E-state index contributed by atoms with van der Waals surface area (Å²) in [5.74, 6) is -1.23. The van der Waals surface area contributed by atoms with Gasteiger partial charge in [0.05, 0.1) is 17.7 Å². The van der Waals surface area contributed by atoms with Crippen molar-refractivity contribution in [2.24, 2.45) is 0 Å². The van der Waals surface area contributed by atoms with Gasteiger partial charge in [-0.3, -0.25) is 14.4 Å². The Morgan fingerprint density at radius 1 is 1.12 bits per heavy atom. The molecule has 0 spiro atoms. The highest BCUT2D eigenvalue weighted by atomic mass is 35.5. The maximum atomic E-state index is 12.3. The number of rotatable bonds is 4. The van der Waals surface area contributed by atoms with E-state index in [1.807, 2.05) is 0 Å². The summed E-state index contributed by atoms with van der Waals surface area (Å²) in [6, 6.07) is 10.7. The van der Waals surface area contributed by atoms with Gasteiger partial charge in [0.1, 0.15) is 6.04 Å². The Balaban J connectivity index is 1.62. The molecule has 0 aliphatic carbocycles. The van der Waals surface area contributed by atoms with Crippen LogP contribution in [0.15, 0.2) is 42.5 Å². The van der Waals surface area contributed by atoms with Gasteiger partial charge in [-0.25, -0.2) is 0 Å². The summed E-state index contributed by atoms with van der Waals surface area (Å²) < 4.78 is 0. The van der Waals surface area contributed by atoms with Crippen LogP contribution >= 0.6 is 23.2 Å². The fourth-order valence-corrected chi connectivity index (χ4v) is 3.05. The molecule has 3 N–H and O–H groups in total. The molecule has 134 valence electrons. The van der Waals surface area contributed by atoms with Crippen molar-refractivity contribution in [1.82, 2.24) is 10.6 Å². The van der Waals surface area contributed by atoms with Crippen molar-refractivity contribution in [1.29, 1.82) is 0 Å². The zero-order chi connectivity index (χ0) is 18.7.